The lowest BCUT2D eigenvalue weighted by Gasteiger charge is -2.38. The van der Waals surface area contributed by atoms with E-state index < -0.39 is 42.0 Å². The molecule has 0 fully saturated rings. The summed E-state index contributed by atoms with van der Waals surface area (Å²) in [5.41, 5.74) is 2.20. The number of fused-ring (bicyclic) bond motifs is 1. The van der Waals surface area contributed by atoms with Gasteiger partial charge in [0, 0.05) is 13.0 Å². The first-order chi connectivity index (χ1) is 17.3. The van der Waals surface area contributed by atoms with Crippen molar-refractivity contribution in [3.05, 3.63) is 58.1 Å². The number of benzene rings is 2. The smallest absolute Gasteiger partial charge is 0.338 e. The van der Waals surface area contributed by atoms with E-state index >= 15 is 0 Å². The summed E-state index contributed by atoms with van der Waals surface area (Å²) < 4.78 is 44.1. The highest BCUT2D eigenvalue weighted by molar-refractivity contribution is 7.89. The Hall–Kier alpha value is -3.02. The molecule has 1 aliphatic rings. The number of rotatable bonds is 7. The second-order valence-electron chi connectivity index (χ2n) is 9.88. The number of nitrogens with zero attached hydrogens (tertiary/aromatic N) is 1. The Labute approximate surface area is 218 Å². The van der Waals surface area contributed by atoms with Crippen molar-refractivity contribution < 1.29 is 37.0 Å². The molecule has 1 heterocycles. The molecule has 1 aliphatic heterocycles. The molecule has 1 atom stereocenters. The molecule has 9 nitrogen and oxygen atoms in total. The van der Waals surface area contributed by atoms with Crippen molar-refractivity contribution in [3.8, 4) is 0 Å². The zero-order chi connectivity index (χ0) is 27.7. The molecule has 11 heteroatoms. The standard InChI is InChI=1S/C26H33NO8SSi/c1-8-35-25(29)21-14-17-13-19(24(28)33-3)22(26(30)34-4)23(37(5,6)7)20(17)15-27(21)36(31,32)18-11-9-16(2)10-12-18/h9-13,21H,8,14-15H2,1-7H3. The average molecular weight is 548 g/mol. The number of ether oxygens (including phenoxy) is 3. The number of sulfonamides is 1. The Balaban J connectivity index is 2.35. The monoisotopic (exact) mass is 547 g/mol. The third-order valence-electron chi connectivity index (χ3n) is 6.33. The lowest BCUT2D eigenvalue weighted by molar-refractivity contribution is -0.148. The molecule has 3 rings (SSSR count). The van der Waals surface area contributed by atoms with Crippen LogP contribution in [0.2, 0.25) is 19.6 Å². The van der Waals surface area contributed by atoms with Crippen molar-refractivity contribution in [2.45, 2.75) is 57.4 Å². The van der Waals surface area contributed by atoms with Gasteiger partial charge >= 0.3 is 17.9 Å². The summed E-state index contributed by atoms with van der Waals surface area (Å²) in [7, 11) is -4.10. The second-order valence-corrected chi connectivity index (χ2v) is 16.8. The van der Waals surface area contributed by atoms with Crippen molar-refractivity contribution in [3.63, 3.8) is 0 Å². The normalized spacial score (nSPS) is 16.0. The fourth-order valence-electron chi connectivity index (χ4n) is 4.67. The third-order valence-corrected chi connectivity index (χ3v) is 10.3. The van der Waals surface area contributed by atoms with Crippen LogP contribution >= 0.6 is 0 Å². The topological polar surface area (TPSA) is 116 Å². The zero-order valence-electron chi connectivity index (χ0n) is 22.2. The zero-order valence-corrected chi connectivity index (χ0v) is 24.0. The lowest BCUT2D eigenvalue weighted by Crippen LogP contribution is -2.54. The SMILES string of the molecule is CCOC(=O)C1Cc2cc(C(=O)OC)c(C(=O)OC)c([Si](C)(C)C)c2CN1S(=O)(=O)c1ccc(C)cc1. The van der Waals surface area contributed by atoms with Gasteiger partial charge in [-0.25, -0.2) is 18.0 Å². The first-order valence-corrected chi connectivity index (χ1v) is 16.8. The highest BCUT2D eigenvalue weighted by atomic mass is 32.2. The van der Waals surface area contributed by atoms with E-state index in [-0.39, 0.29) is 35.6 Å². The van der Waals surface area contributed by atoms with Crippen LogP contribution < -0.4 is 5.19 Å². The first kappa shape index (κ1) is 28.5. The molecule has 0 bridgehead atoms. The maximum absolute atomic E-state index is 13.8. The van der Waals surface area contributed by atoms with E-state index in [1.54, 1.807) is 19.1 Å². The summed E-state index contributed by atoms with van der Waals surface area (Å²) in [4.78, 5) is 38.8. The van der Waals surface area contributed by atoms with E-state index in [1.807, 2.05) is 26.6 Å². The van der Waals surface area contributed by atoms with Crippen molar-refractivity contribution >= 4 is 41.2 Å². The lowest BCUT2D eigenvalue weighted by atomic mass is 9.90. The quantitative estimate of drug-likeness (QED) is 0.295. The van der Waals surface area contributed by atoms with Crippen molar-refractivity contribution in [2.75, 3.05) is 20.8 Å². The fourth-order valence-corrected chi connectivity index (χ4v) is 8.35. The third kappa shape index (κ3) is 5.48. The van der Waals surface area contributed by atoms with Crippen LogP contribution in [-0.2, 0) is 42.0 Å². The molecule has 0 aliphatic carbocycles. The fraction of sp³-hybridized carbons (Fsp3) is 0.423. The Bertz CT molecular complexity index is 1330. The van der Waals surface area contributed by atoms with Crippen molar-refractivity contribution in [1.29, 1.82) is 0 Å². The number of esters is 3. The van der Waals surface area contributed by atoms with Crippen LogP contribution in [0.3, 0.4) is 0 Å². The summed E-state index contributed by atoms with van der Waals surface area (Å²) in [6.07, 6.45) is -0.0256. The van der Waals surface area contributed by atoms with Crippen LogP contribution in [0, 0.1) is 6.92 Å². The largest absolute Gasteiger partial charge is 0.465 e. The highest BCUT2D eigenvalue weighted by Crippen LogP contribution is 2.33. The van der Waals surface area contributed by atoms with E-state index in [0.717, 1.165) is 9.87 Å². The van der Waals surface area contributed by atoms with E-state index in [0.29, 0.717) is 16.3 Å². The van der Waals surface area contributed by atoms with Crippen LogP contribution in [0.4, 0.5) is 0 Å². The molecule has 0 saturated carbocycles. The molecule has 1 unspecified atom stereocenters. The van der Waals surface area contributed by atoms with Crippen LogP contribution in [0.1, 0.15) is 44.3 Å². The number of aryl methyl sites for hydroxylation is 1. The molecular formula is C26H33NO8SSi. The molecule has 0 amide bonds. The summed E-state index contributed by atoms with van der Waals surface area (Å²) in [6.45, 7) is 9.39. The molecule has 0 radical (unpaired) electrons. The Morgan fingerprint density at radius 3 is 2.14 bits per heavy atom. The van der Waals surface area contributed by atoms with Crippen molar-refractivity contribution in [2.24, 2.45) is 0 Å². The van der Waals surface area contributed by atoms with Crippen LogP contribution in [0.25, 0.3) is 0 Å². The van der Waals surface area contributed by atoms with Gasteiger partial charge in [0.05, 0.1) is 44.9 Å². The number of methoxy groups -OCH3 is 2. The summed E-state index contributed by atoms with van der Waals surface area (Å²) in [5, 5.41) is 0.601. The van der Waals surface area contributed by atoms with Gasteiger partial charge in [-0.05, 0) is 48.4 Å². The van der Waals surface area contributed by atoms with Gasteiger partial charge in [-0.15, -0.1) is 0 Å². The number of hydrogen-bond donors (Lipinski definition) is 0. The molecule has 2 aromatic rings. The van der Waals surface area contributed by atoms with E-state index in [2.05, 4.69) is 0 Å². The van der Waals surface area contributed by atoms with Gasteiger partial charge in [-0.1, -0.05) is 37.3 Å². The molecule has 0 saturated heterocycles. The molecule has 37 heavy (non-hydrogen) atoms. The maximum Gasteiger partial charge on any atom is 0.338 e. The molecule has 2 aromatic carbocycles. The minimum Gasteiger partial charge on any atom is -0.465 e. The van der Waals surface area contributed by atoms with Gasteiger partial charge < -0.3 is 14.2 Å². The second kappa shape index (κ2) is 10.8. The summed E-state index contributed by atoms with van der Waals surface area (Å²) in [6, 6.07) is 6.75. The van der Waals surface area contributed by atoms with Gasteiger partial charge in [0.15, 0.2) is 0 Å². The summed E-state index contributed by atoms with van der Waals surface area (Å²) in [5.74, 6) is -2.11. The van der Waals surface area contributed by atoms with Gasteiger partial charge in [0.2, 0.25) is 10.0 Å². The Morgan fingerprint density at radius 1 is 1.03 bits per heavy atom. The molecule has 0 spiro atoms. The van der Waals surface area contributed by atoms with Crippen molar-refractivity contribution in [1.82, 2.24) is 4.31 Å². The van der Waals surface area contributed by atoms with Gasteiger partial charge in [0.25, 0.3) is 0 Å². The summed E-state index contributed by atoms with van der Waals surface area (Å²) >= 11 is 0. The number of carbonyl (C=O) groups excluding carboxylic acids is 3. The van der Waals surface area contributed by atoms with Gasteiger partial charge in [0.1, 0.15) is 6.04 Å². The van der Waals surface area contributed by atoms with Crippen LogP contribution in [-0.4, -0.2) is 65.6 Å². The van der Waals surface area contributed by atoms with Crippen LogP contribution in [0.5, 0.6) is 0 Å². The first-order valence-electron chi connectivity index (χ1n) is 11.9. The van der Waals surface area contributed by atoms with Gasteiger partial charge in [-0.2, -0.15) is 4.31 Å². The van der Waals surface area contributed by atoms with Gasteiger partial charge in [-0.3, -0.25) is 4.79 Å². The maximum atomic E-state index is 13.8. The number of carbonyl (C=O) groups is 3. The average Bonchev–Trinajstić information content (AvgIpc) is 2.85. The Kier molecular flexibility index (Phi) is 8.30. The Morgan fingerprint density at radius 2 is 1.62 bits per heavy atom. The van der Waals surface area contributed by atoms with Crippen LogP contribution in [0.15, 0.2) is 35.2 Å². The van der Waals surface area contributed by atoms with E-state index in [4.69, 9.17) is 14.2 Å². The number of hydrogen-bond acceptors (Lipinski definition) is 8. The van der Waals surface area contributed by atoms with E-state index in [1.165, 1.54) is 32.4 Å². The molecule has 0 N–H and O–H groups in total. The predicted octanol–water partition coefficient (Wildman–Crippen LogP) is 2.79. The predicted molar refractivity (Wildman–Crippen MR) is 140 cm³/mol. The molecular weight excluding hydrogens is 514 g/mol. The molecule has 0 aromatic heterocycles. The highest BCUT2D eigenvalue weighted by Gasteiger charge is 2.44. The molecule has 200 valence electrons. The minimum absolute atomic E-state index is 0.0256. The minimum atomic E-state index is -4.13. The van der Waals surface area contributed by atoms with E-state index in [9.17, 15) is 22.8 Å².